The van der Waals surface area contributed by atoms with Crippen LogP contribution in [0.25, 0.3) is 16.9 Å². The molecule has 0 atom stereocenters. The van der Waals surface area contributed by atoms with E-state index in [0.29, 0.717) is 0 Å². The predicted molar refractivity (Wildman–Crippen MR) is 79.7 cm³/mol. The van der Waals surface area contributed by atoms with Gasteiger partial charge >= 0.3 is 0 Å². The summed E-state index contributed by atoms with van der Waals surface area (Å²) < 4.78 is 2.79. The molecule has 0 bridgehead atoms. The number of pyridine rings is 1. The normalized spacial score (nSPS) is 10.9. The van der Waals surface area contributed by atoms with Gasteiger partial charge in [-0.05, 0) is 46.6 Å². The summed E-state index contributed by atoms with van der Waals surface area (Å²) in [6, 6.07) is 10.3. The van der Waals surface area contributed by atoms with Crippen LogP contribution in [-0.2, 0) is 0 Å². The summed E-state index contributed by atoms with van der Waals surface area (Å²) >= 11 is 3.54. The number of halogens is 1. The number of fused-ring (bicyclic) bond motifs is 1. The minimum atomic E-state index is -0.410. The first-order chi connectivity index (χ1) is 9.58. The Hall–Kier alpha value is -2.21. The highest BCUT2D eigenvalue weighted by Gasteiger charge is 2.14. The van der Waals surface area contributed by atoms with Crippen LogP contribution in [0.2, 0.25) is 0 Å². The van der Waals surface area contributed by atoms with Crippen LogP contribution in [0.15, 0.2) is 47.2 Å². The van der Waals surface area contributed by atoms with E-state index in [1.54, 1.807) is 12.1 Å². The van der Waals surface area contributed by atoms with Crippen LogP contribution in [0.5, 0.6) is 0 Å². The molecule has 0 fully saturated rings. The molecular weight excluding hydrogens is 322 g/mol. The lowest BCUT2D eigenvalue weighted by molar-refractivity contribution is -0.384. The number of rotatable bonds is 2. The second-order valence-electron chi connectivity index (χ2n) is 4.44. The van der Waals surface area contributed by atoms with Gasteiger partial charge in [-0.15, -0.1) is 0 Å². The van der Waals surface area contributed by atoms with Crippen molar-refractivity contribution in [3.05, 3.63) is 62.9 Å². The van der Waals surface area contributed by atoms with E-state index in [4.69, 9.17) is 0 Å². The highest BCUT2D eigenvalue weighted by molar-refractivity contribution is 9.10. The summed E-state index contributed by atoms with van der Waals surface area (Å²) in [7, 11) is 0. The molecule has 0 unspecified atom stereocenters. The van der Waals surface area contributed by atoms with Gasteiger partial charge in [-0.1, -0.05) is 6.07 Å². The van der Waals surface area contributed by atoms with Crippen LogP contribution >= 0.6 is 15.9 Å². The van der Waals surface area contributed by atoms with Crippen molar-refractivity contribution < 1.29 is 4.92 Å². The van der Waals surface area contributed by atoms with Crippen LogP contribution in [0.4, 0.5) is 5.69 Å². The Labute approximate surface area is 123 Å². The fourth-order valence-corrected chi connectivity index (χ4v) is 2.70. The van der Waals surface area contributed by atoms with Crippen LogP contribution in [0.3, 0.4) is 0 Å². The van der Waals surface area contributed by atoms with Crippen LogP contribution in [-0.4, -0.2) is 14.3 Å². The fourth-order valence-electron chi connectivity index (χ4n) is 2.10. The predicted octanol–water partition coefficient (Wildman–Crippen LogP) is 3.98. The van der Waals surface area contributed by atoms with Gasteiger partial charge in [0.25, 0.3) is 5.69 Å². The number of aromatic nitrogens is 2. The lowest BCUT2D eigenvalue weighted by Gasteiger charge is -1.98. The maximum absolute atomic E-state index is 10.7. The molecule has 3 rings (SSSR count). The number of non-ortho nitro benzene ring substituents is 1. The van der Waals surface area contributed by atoms with Crippen molar-refractivity contribution in [2.24, 2.45) is 0 Å². The Morgan fingerprint density at radius 1 is 1.25 bits per heavy atom. The van der Waals surface area contributed by atoms with Crippen molar-refractivity contribution in [2.75, 3.05) is 0 Å². The number of hydrogen-bond acceptors (Lipinski definition) is 3. The van der Waals surface area contributed by atoms with E-state index in [9.17, 15) is 10.1 Å². The largest absolute Gasteiger partial charge is 0.293 e. The number of benzene rings is 1. The SMILES string of the molecule is Cc1cccn2c(Br)c(-c3ccc([N+](=O)[O-])cc3)nc12. The summed E-state index contributed by atoms with van der Waals surface area (Å²) in [5.74, 6) is 0. The molecule has 0 aliphatic carbocycles. The number of nitrogens with zero attached hydrogens (tertiary/aromatic N) is 3. The maximum atomic E-state index is 10.7. The van der Waals surface area contributed by atoms with Crippen LogP contribution in [0, 0.1) is 17.0 Å². The zero-order valence-electron chi connectivity index (χ0n) is 10.6. The molecule has 3 aromatic rings. The second kappa shape index (κ2) is 4.72. The zero-order valence-corrected chi connectivity index (χ0v) is 12.2. The minimum Gasteiger partial charge on any atom is -0.293 e. The van der Waals surface area contributed by atoms with E-state index in [0.717, 1.165) is 27.1 Å². The molecule has 6 heteroatoms. The monoisotopic (exact) mass is 331 g/mol. The lowest BCUT2D eigenvalue weighted by atomic mass is 10.1. The van der Waals surface area contributed by atoms with E-state index in [1.807, 2.05) is 29.7 Å². The van der Waals surface area contributed by atoms with Gasteiger partial charge in [-0.2, -0.15) is 0 Å². The smallest absolute Gasteiger partial charge is 0.269 e. The number of aryl methyl sites for hydroxylation is 1. The van der Waals surface area contributed by atoms with E-state index in [1.165, 1.54) is 12.1 Å². The molecule has 0 N–H and O–H groups in total. The zero-order chi connectivity index (χ0) is 14.3. The van der Waals surface area contributed by atoms with Gasteiger partial charge in [0.05, 0.1) is 4.92 Å². The highest BCUT2D eigenvalue weighted by Crippen LogP contribution is 2.30. The Morgan fingerprint density at radius 3 is 2.55 bits per heavy atom. The van der Waals surface area contributed by atoms with Gasteiger partial charge in [0.1, 0.15) is 15.9 Å². The van der Waals surface area contributed by atoms with E-state index < -0.39 is 4.92 Å². The van der Waals surface area contributed by atoms with E-state index in [-0.39, 0.29) is 5.69 Å². The van der Waals surface area contributed by atoms with Crippen molar-refractivity contribution in [3.8, 4) is 11.3 Å². The molecule has 2 heterocycles. The molecular formula is C14H10BrN3O2. The third-order valence-corrected chi connectivity index (χ3v) is 3.90. The molecule has 0 aliphatic heterocycles. The van der Waals surface area contributed by atoms with Gasteiger partial charge < -0.3 is 0 Å². The summed E-state index contributed by atoms with van der Waals surface area (Å²) in [5.41, 5.74) is 3.62. The first kappa shape index (κ1) is 12.8. The van der Waals surface area contributed by atoms with Crippen molar-refractivity contribution in [1.29, 1.82) is 0 Å². The Balaban J connectivity index is 2.17. The van der Waals surface area contributed by atoms with Gasteiger partial charge in [-0.3, -0.25) is 14.5 Å². The average molecular weight is 332 g/mol. The minimum absolute atomic E-state index is 0.0739. The molecule has 20 heavy (non-hydrogen) atoms. The third-order valence-electron chi connectivity index (χ3n) is 3.14. The molecule has 0 amide bonds. The number of imidazole rings is 1. The molecule has 0 spiro atoms. The molecule has 0 aliphatic rings. The summed E-state index contributed by atoms with van der Waals surface area (Å²) in [6.45, 7) is 1.99. The summed E-state index contributed by atoms with van der Waals surface area (Å²) in [4.78, 5) is 14.9. The molecule has 0 saturated carbocycles. The first-order valence-corrected chi connectivity index (χ1v) is 6.75. The Kier molecular flexibility index (Phi) is 3.02. The molecule has 0 radical (unpaired) electrons. The quantitative estimate of drug-likeness (QED) is 0.527. The highest BCUT2D eigenvalue weighted by atomic mass is 79.9. The number of nitro benzene ring substituents is 1. The molecule has 0 saturated heterocycles. The van der Waals surface area contributed by atoms with Gasteiger partial charge in [-0.25, -0.2) is 4.98 Å². The molecule has 2 aromatic heterocycles. The first-order valence-electron chi connectivity index (χ1n) is 5.96. The van der Waals surface area contributed by atoms with Crippen molar-refractivity contribution >= 4 is 27.3 Å². The fraction of sp³-hybridized carbons (Fsp3) is 0.0714. The standard InChI is InChI=1S/C14H10BrN3O2/c1-9-3-2-8-17-13(15)12(16-14(9)17)10-4-6-11(7-5-10)18(19)20/h2-8H,1H3. The van der Waals surface area contributed by atoms with E-state index >= 15 is 0 Å². The van der Waals surface area contributed by atoms with Crippen molar-refractivity contribution in [3.63, 3.8) is 0 Å². The Bertz CT molecular complexity index is 809. The number of hydrogen-bond donors (Lipinski definition) is 0. The lowest BCUT2D eigenvalue weighted by Crippen LogP contribution is -1.87. The Morgan fingerprint density at radius 2 is 1.95 bits per heavy atom. The van der Waals surface area contributed by atoms with Crippen LogP contribution in [0.1, 0.15) is 5.56 Å². The van der Waals surface area contributed by atoms with Gasteiger partial charge in [0, 0.05) is 23.9 Å². The van der Waals surface area contributed by atoms with Gasteiger partial charge in [0.15, 0.2) is 0 Å². The second-order valence-corrected chi connectivity index (χ2v) is 5.19. The molecule has 100 valence electrons. The summed E-state index contributed by atoms with van der Waals surface area (Å²) in [5, 5.41) is 10.7. The number of nitro groups is 1. The average Bonchev–Trinajstić information content (AvgIpc) is 2.78. The molecule has 5 nitrogen and oxygen atoms in total. The van der Waals surface area contributed by atoms with E-state index in [2.05, 4.69) is 20.9 Å². The third kappa shape index (κ3) is 1.98. The van der Waals surface area contributed by atoms with Crippen molar-refractivity contribution in [2.45, 2.75) is 6.92 Å². The van der Waals surface area contributed by atoms with Crippen molar-refractivity contribution in [1.82, 2.24) is 9.38 Å². The molecule has 1 aromatic carbocycles. The topological polar surface area (TPSA) is 60.4 Å². The maximum Gasteiger partial charge on any atom is 0.269 e. The van der Waals surface area contributed by atoms with Gasteiger partial charge in [0.2, 0.25) is 0 Å². The summed E-state index contributed by atoms with van der Waals surface area (Å²) in [6.07, 6.45) is 1.92. The van der Waals surface area contributed by atoms with Crippen LogP contribution < -0.4 is 0 Å².